The summed E-state index contributed by atoms with van der Waals surface area (Å²) in [7, 11) is 0. The summed E-state index contributed by atoms with van der Waals surface area (Å²) < 4.78 is 48.6. The van der Waals surface area contributed by atoms with Crippen molar-refractivity contribution in [3.05, 3.63) is 47.7 Å². The smallest absolute Gasteiger partial charge is 0.417 e. The van der Waals surface area contributed by atoms with Gasteiger partial charge in [0, 0.05) is 24.9 Å². The van der Waals surface area contributed by atoms with Crippen molar-refractivity contribution < 1.29 is 27.8 Å². The van der Waals surface area contributed by atoms with E-state index in [1.165, 1.54) is 6.07 Å². The van der Waals surface area contributed by atoms with Gasteiger partial charge in [-0.25, -0.2) is 4.98 Å². The normalized spacial score (nSPS) is 11.4. The molecule has 0 amide bonds. The molecule has 0 saturated carbocycles. The minimum atomic E-state index is -4.43. The topological polar surface area (TPSA) is 51.6 Å². The Morgan fingerprint density at radius 2 is 1.96 bits per heavy atom. The molecular weight excluding hydrogens is 323 g/mol. The number of nitrogens with zero attached hydrogens (tertiary/aromatic N) is 1. The number of benzene rings is 1. The summed E-state index contributed by atoms with van der Waals surface area (Å²) in [5.74, 6) is 1.10. The number of alkyl halides is 3. The number of aliphatic hydroxyl groups is 1. The minimum absolute atomic E-state index is 0.0635. The molecule has 1 heterocycles. The van der Waals surface area contributed by atoms with Gasteiger partial charge in [-0.05, 0) is 37.5 Å². The van der Waals surface area contributed by atoms with Crippen LogP contribution in [0.5, 0.6) is 17.4 Å². The predicted octanol–water partition coefficient (Wildman–Crippen LogP) is 4.22. The first-order chi connectivity index (χ1) is 11.4. The van der Waals surface area contributed by atoms with Gasteiger partial charge >= 0.3 is 6.18 Å². The van der Waals surface area contributed by atoms with Crippen molar-refractivity contribution >= 4 is 0 Å². The van der Waals surface area contributed by atoms with Crippen LogP contribution in [0.2, 0.25) is 0 Å². The Hall–Kier alpha value is -2.28. The maximum Gasteiger partial charge on any atom is 0.417 e. The van der Waals surface area contributed by atoms with Crippen LogP contribution in [0.15, 0.2) is 36.5 Å². The van der Waals surface area contributed by atoms with E-state index in [1.54, 1.807) is 18.2 Å². The lowest BCUT2D eigenvalue weighted by molar-refractivity contribution is -0.137. The number of ether oxygens (including phenoxy) is 2. The van der Waals surface area contributed by atoms with Crippen LogP contribution < -0.4 is 9.47 Å². The number of rotatable bonds is 7. The van der Waals surface area contributed by atoms with Gasteiger partial charge in [0.25, 0.3) is 0 Å². The maximum absolute atomic E-state index is 12.5. The molecule has 0 fully saturated rings. The molecule has 0 spiro atoms. The van der Waals surface area contributed by atoms with E-state index in [0.29, 0.717) is 30.9 Å². The fourth-order valence-electron chi connectivity index (χ4n) is 2.09. The van der Waals surface area contributed by atoms with Gasteiger partial charge in [-0.1, -0.05) is 6.07 Å². The van der Waals surface area contributed by atoms with E-state index in [9.17, 15) is 13.2 Å². The van der Waals surface area contributed by atoms with Crippen molar-refractivity contribution in [2.75, 3.05) is 13.2 Å². The van der Waals surface area contributed by atoms with Gasteiger partial charge in [0.1, 0.15) is 11.5 Å². The Kier molecular flexibility index (Phi) is 6.03. The summed E-state index contributed by atoms with van der Waals surface area (Å²) in [6.45, 7) is 2.40. The van der Waals surface area contributed by atoms with E-state index in [-0.39, 0.29) is 12.5 Å². The lowest BCUT2D eigenvalue weighted by Crippen LogP contribution is -2.05. The monoisotopic (exact) mass is 341 g/mol. The fraction of sp³-hybridized carbons (Fsp3) is 0.353. The van der Waals surface area contributed by atoms with Gasteiger partial charge in [0.05, 0.1) is 12.2 Å². The Morgan fingerprint density at radius 3 is 2.54 bits per heavy atom. The van der Waals surface area contributed by atoms with Crippen LogP contribution in [0, 0.1) is 0 Å². The largest absolute Gasteiger partial charge is 0.493 e. The standard InChI is InChI=1S/C17H18F3NO3/c1-2-23-15-10-14(7-5-12(15)4-3-9-22)24-16-8-6-13(11-21-16)17(18,19)20/h5-8,10-11,22H,2-4,9H2,1H3. The lowest BCUT2D eigenvalue weighted by Gasteiger charge is -2.13. The van der Waals surface area contributed by atoms with Gasteiger partial charge in [0.2, 0.25) is 5.88 Å². The lowest BCUT2D eigenvalue weighted by atomic mass is 10.1. The minimum Gasteiger partial charge on any atom is -0.493 e. The molecule has 0 radical (unpaired) electrons. The van der Waals surface area contributed by atoms with E-state index in [1.807, 2.05) is 6.92 Å². The molecule has 0 aliphatic heterocycles. The quantitative estimate of drug-likeness (QED) is 0.819. The second kappa shape index (κ2) is 8.01. The molecular formula is C17H18F3NO3. The number of aromatic nitrogens is 1. The number of aliphatic hydroxyl groups excluding tert-OH is 1. The molecule has 1 aromatic heterocycles. The van der Waals surface area contributed by atoms with E-state index in [4.69, 9.17) is 14.6 Å². The summed E-state index contributed by atoms with van der Waals surface area (Å²) in [5, 5.41) is 8.92. The van der Waals surface area contributed by atoms with Crippen LogP contribution in [0.3, 0.4) is 0 Å². The van der Waals surface area contributed by atoms with Gasteiger partial charge in [0.15, 0.2) is 0 Å². The van der Waals surface area contributed by atoms with E-state index < -0.39 is 11.7 Å². The molecule has 7 heteroatoms. The zero-order valence-corrected chi connectivity index (χ0v) is 13.1. The Morgan fingerprint density at radius 1 is 1.17 bits per heavy atom. The molecule has 0 saturated heterocycles. The molecule has 0 aliphatic carbocycles. The van der Waals surface area contributed by atoms with Gasteiger partial charge in [-0.15, -0.1) is 0 Å². The second-order valence-electron chi connectivity index (χ2n) is 5.01. The highest BCUT2D eigenvalue weighted by atomic mass is 19.4. The van der Waals surface area contributed by atoms with Crippen molar-refractivity contribution in [2.24, 2.45) is 0 Å². The van der Waals surface area contributed by atoms with Crippen molar-refractivity contribution in [1.82, 2.24) is 4.98 Å². The maximum atomic E-state index is 12.5. The summed E-state index contributed by atoms with van der Waals surface area (Å²) in [4.78, 5) is 3.67. The molecule has 24 heavy (non-hydrogen) atoms. The van der Waals surface area contributed by atoms with E-state index in [0.717, 1.165) is 17.8 Å². The van der Waals surface area contributed by atoms with Crippen molar-refractivity contribution in [2.45, 2.75) is 25.9 Å². The van der Waals surface area contributed by atoms with Crippen molar-refractivity contribution in [3.8, 4) is 17.4 Å². The van der Waals surface area contributed by atoms with Crippen LogP contribution in [0.4, 0.5) is 13.2 Å². The molecule has 0 bridgehead atoms. The molecule has 4 nitrogen and oxygen atoms in total. The number of aryl methyl sites for hydroxylation is 1. The number of pyridine rings is 1. The third-order valence-corrected chi connectivity index (χ3v) is 3.23. The number of hydrogen-bond acceptors (Lipinski definition) is 4. The summed E-state index contributed by atoms with van der Waals surface area (Å²) in [6, 6.07) is 7.24. The average Bonchev–Trinajstić information content (AvgIpc) is 2.54. The van der Waals surface area contributed by atoms with E-state index >= 15 is 0 Å². The first-order valence-corrected chi connectivity index (χ1v) is 7.51. The highest BCUT2D eigenvalue weighted by Gasteiger charge is 2.30. The summed E-state index contributed by atoms with van der Waals surface area (Å²) >= 11 is 0. The molecule has 0 unspecified atom stereocenters. The zero-order chi connectivity index (χ0) is 17.6. The SMILES string of the molecule is CCOc1cc(Oc2ccc(C(F)(F)F)cn2)ccc1CCCO. The van der Waals surface area contributed by atoms with Crippen LogP contribution >= 0.6 is 0 Å². The van der Waals surface area contributed by atoms with E-state index in [2.05, 4.69) is 4.98 Å². The molecule has 1 aromatic carbocycles. The number of hydrogen-bond donors (Lipinski definition) is 1. The molecule has 130 valence electrons. The number of halogens is 3. The molecule has 2 aromatic rings. The van der Waals surface area contributed by atoms with Gasteiger partial charge in [-0.2, -0.15) is 13.2 Å². The summed E-state index contributed by atoms with van der Waals surface area (Å²) in [6.07, 6.45) is -2.43. The first kappa shape index (κ1) is 18.1. The zero-order valence-electron chi connectivity index (χ0n) is 13.1. The van der Waals surface area contributed by atoms with Crippen LogP contribution in [-0.2, 0) is 12.6 Å². The third-order valence-electron chi connectivity index (χ3n) is 3.23. The molecule has 2 rings (SSSR count). The molecule has 0 aliphatic rings. The van der Waals surface area contributed by atoms with Crippen LogP contribution in [0.25, 0.3) is 0 Å². The fourth-order valence-corrected chi connectivity index (χ4v) is 2.09. The highest BCUT2D eigenvalue weighted by molar-refractivity contribution is 5.42. The summed E-state index contributed by atoms with van der Waals surface area (Å²) in [5.41, 5.74) is 0.0998. The van der Waals surface area contributed by atoms with Gasteiger partial charge in [-0.3, -0.25) is 0 Å². The Labute approximate surface area is 137 Å². The Balaban J connectivity index is 2.15. The second-order valence-corrected chi connectivity index (χ2v) is 5.01. The highest BCUT2D eigenvalue weighted by Crippen LogP contribution is 2.31. The van der Waals surface area contributed by atoms with Gasteiger partial charge < -0.3 is 14.6 Å². The Bertz CT molecular complexity index is 657. The van der Waals surface area contributed by atoms with Crippen LogP contribution in [0.1, 0.15) is 24.5 Å². The predicted molar refractivity (Wildman–Crippen MR) is 82.3 cm³/mol. The third kappa shape index (κ3) is 4.86. The van der Waals surface area contributed by atoms with Crippen molar-refractivity contribution in [1.29, 1.82) is 0 Å². The van der Waals surface area contributed by atoms with Crippen LogP contribution in [-0.4, -0.2) is 23.3 Å². The van der Waals surface area contributed by atoms with Crippen molar-refractivity contribution in [3.63, 3.8) is 0 Å². The average molecular weight is 341 g/mol. The molecule has 0 atom stereocenters. The molecule has 1 N–H and O–H groups in total. The first-order valence-electron chi connectivity index (χ1n) is 7.51.